The molecule has 8 aromatic rings. The molecule has 6 aromatic heterocycles. The Morgan fingerprint density at radius 2 is 1.14 bits per heavy atom. The predicted molar refractivity (Wildman–Crippen MR) is 254 cm³/mol. The number of aryl methyl sites for hydroxylation is 1. The standard InChI is InChI=1S/C22H23ClN6O2.C19H18N6O2.C3H6BrCl/c1-15(30)26-11-13-27(14-12-26)19-8-7-16-20(25-19)29-18-6-3-2-5-17(18)24-22(29)28(21(16)31)10-4-9-23;1-12(26)23-8-10-24(11-9-23)16-7-6-13-17(21-16)25-15-5-3-2-4-14(15)20-19(25)22-18(13)27;4-2-1-3-5/h2-3,5-8H,4,9-14H2,1H3;2-7H,8-11H2,1H3,(H,20,22,27);1-3H2. The Morgan fingerprint density at radius 3 is 1.67 bits per heavy atom. The highest BCUT2D eigenvalue weighted by Crippen LogP contribution is 2.25. The number of carbonyl (C=O) groups is 2. The smallest absolute Gasteiger partial charge is 0.264 e. The quantitative estimate of drug-likeness (QED) is 0.191. The van der Waals surface area contributed by atoms with E-state index < -0.39 is 0 Å². The number of fused-ring (bicyclic) bond motifs is 10. The number of hydrogen-bond donors (Lipinski definition) is 1. The van der Waals surface area contributed by atoms with Gasteiger partial charge in [-0.25, -0.2) is 19.9 Å². The van der Waals surface area contributed by atoms with Gasteiger partial charge in [0.15, 0.2) is 11.3 Å². The lowest BCUT2D eigenvalue weighted by molar-refractivity contribution is -0.129. The van der Waals surface area contributed by atoms with Crippen LogP contribution in [0, 0.1) is 0 Å². The predicted octanol–water partition coefficient (Wildman–Crippen LogP) is 5.90. The highest BCUT2D eigenvalue weighted by atomic mass is 79.9. The highest BCUT2D eigenvalue weighted by molar-refractivity contribution is 9.09. The molecule has 1 N–H and O–H groups in total. The lowest BCUT2D eigenvalue weighted by Gasteiger charge is -2.35. The average Bonchev–Trinajstić information content (AvgIpc) is 3.88. The third-order valence-electron chi connectivity index (χ3n) is 11.3. The number of piperazine rings is 2. The van der Waals surface area contributed by atoms with E-state index in [2.05, 4.69) is 35.7 Å². The molecule has 10 rings (SSSR count). The lowest BCUT2D eigenvalue weighted by Crippen LogP contribution is -2.48. The summed E-state index contributed by atoms with van der Waals surface area (Å²) in [5.74, 6) is 4.10. The number of benzene rings is 2. The second-order valence-corrected chi connectivity index (χ2v) is 16.8. The van der Waals surface area contributed by atoms with Crippen molar-refractivity contribution in [1.29, 1.82) is 0 Å². The van der Waals surface area contributed by atoms with E-state index in [1.807, 2.05) is 91.4 Å². The van der Waals surface area contributed by atoms with Crippen molar-refractivity contribution in [2.24, 2.45) is 0 Å². The van der Waals surface area contributed by atoms with Gasteiger partial charge >= 0.3 is 0 Å². The Kier molecular flexibility index (Phi) is 13.4. The molecule has 16 nitrogen and oxygen atoms in total. The van der Waals surface area contributed by atoms with E-state index in [9.17, 15) is 19.2 Å². The second-order valence-electron chi connectivity index (χ2n) is 15.2. The Balaban J connectivity index is 0.000000157. The molecule has 2 aliphatic rings. The summed E-state index contributed by atoms with van der Waals surface area (Å²) in [5, 5.41) is 2.10. The van der Waals surface area contributed by atoms with Crippen molar-refractivity contribution in [3.8, 4) is 0 Å². The number of aromatic amines is 1. The minimum absolute atomic E-state index is 0.0928. The van der Waals surface area contributed by atoms with Gasteiger partial charge in [0, 0.05) is 89.8 Å². The summed E-state index contributed by atoms with van der Waals surface area (Å²) in [6, 6.07) is 23.0. The first kappa shape index (κ1) is 43.9. The molecule has 0 radical (unpaired) electrons. The minimum Gasteiger partial charge on any atom is -0.353 e. The van der Waals surface area contributed by atoms with Gasteiger partial charge in [-0.05, 0) is 61.4 Å². The fourth-order valence-corrected chi connectivity index (χ4v) is 8.87. The zero-order valence-electron chi connectivity index (χ0n) is 35.0. The maximum Gasteiger partial charge on any atom is 0.264 e. The molecule has 63 heavy (non-hydrogen) atoms. The molecule has 8 heterocycles. The van der Waals surface area contributed by atoms with Crippen LogP contribution in [0.1, 0.15) is 26.7 Å². The number of imidazole rings is 2. The normalized spacial score (nSPS) is 14.4. The van der Waals surface area contributed by atoms with Gasteiger partial charge in [-0.3, -0.25) is 37.5 Å². The van der Waals surface area contributed by atoms with Crippen LogP contribution in [0.2, 0.25) is 0 Å². The van der Waals surface area contributed by atoms with Gasteiger partial charge in [-0.2, -0.15) is 0 Å². The van der Waals surface area contributed by atoms with Crippen molar-refractivity contribution in [3.05, 3.63) is 93.5 Å². The lowest BCUT2D eigenvalue weighted by atomic mass is 10.2. The summed E-state index contributed by atoms with van der Waals surface area (Å²) >= 11 is 14.4. The number of alkyl halides is 3. The van der Waals surface area contributed by atoms with E-state index in [1.165, 1.54) is 0 Å². The molecule has 0 atom stereocenters. The van der Waals surface area contributed by atoms with Crippen LogP contribution in [-0.2, 0) is 16.1 Å². The SMILES string of the molecule is CC(=O)N1CCN(c2ccc3c(=O)[nH]c4nc5ccccc5n4c3n2)CC1.CC(=O)N1CCN(c2ccc3c(=O)n(CCCCl)c4nc5ccccc5n4c3n2)CC1.ClCCCBr. The largest absolute Gasteiger partial charge is 0.353 e. The summed E-state index contributed by atoms with van der Waals surface area (Å²) in [5.41, 5.74) is 4.32. The van der Waals surface area contributed by atoms with E-state index in [0.29, 0.717) is 91.7 Å². The number of aromatic nitrogens is 8. The van der Waals surface area contributed by atoms with Crippen molar-refractivity contribution in [3.63, 3.8) is 0 Å². The molecule has 2 saturated heterocycles. The molecular weight excluding hydrogens is 911 g/mol. The number of H-pyrrole nitrogens is 1. The fourth-order valence-electron chi connectivity index (χ4n) is 8.02. The van der Waals surface area contributed by atoms with Crippen LogP contribution < -0.4 is 20.9 Å². The number of rotatable bonds is 7. The molecule has 0 aliphatic carbocycles. The summed E-state index contributed by atoms with van der Waals surface area (Å²) in [6.07, 6.45) is 1.75. The molecule has 2 aliphatic heterocycles. The number of anilines is 2. The van der Waals surface area contributed by atoms with Crippen LogP contribution in [0.3, 0.4) is 0 Å². The summed E-state index contributed by atoms with van der Waals surface area (Å²) in [7, 11) is 0. The number of nitrogens with one attached hydrogen (secondary N) is 1. The zero-order chi connectivity index (χ0) is 44.2. The Morgan fingerprint density at radius 1 is 0.635 bits per heavy atom. The zero-order valence-corrected chi connectivity index (χ0v) is 38.1. The van der Waals surface area contributed by atoms with Gasteiger partial charge in [-0.1, -0.05) is 40.2 Å². The maximum absolute atomic E-state index is 13.3. The minimum atomic E-state index is -0.201. The number of nitrogens with zero attached hydrogens (tertiary/aromatic N) is 11. The Hall–Kier alpha value is -5.78. The monoisotopic (exact) mass is 956 g/mol. The molecule has 19 heteroatoms. The third-order valence-corrected chi connectivity index (χ3v) is 12.4. The maximum atomic E-state index is 13.3. The van der Waals surface area contributed by atoms with Gasteiger partial charge in [0.05, 0.1) is 32.8 Å². The first-order valence-corrected chi connectivity index (χ1v) is 23.1. The molecule has 2 fully saturated rings. The van der Waals surface area contributed by atoms with Crippen molar-refractivity contribution in [1.82, 2.24) is 48.1 Å². The van der Waals surface area contributed by atoms with Gasteiger partial charge in [0.1, 0.15) is 11.6 Å². The van der Waals surface area contributed by atoms with E-state index in [4.69, 9.17) is 38.2 Å². The number of para-hydroxylation sites is 4. The third kappa shape index (κ3) is 8.91. The Bertz CT molecular complexity index is 3080. The second kappa shape index (κ2) is 19.3. The average molecular weight is 959 g/mol. The number of pyridine rings is 2. The summed E-state index contributed by atoms with van der Waals surface area (Å²) < 4.78 is 5.55. The van der Waals surface area contributed by atoms with Crippen LogP contribution in [-0.4, -0.2) is 129 Å². The van der Waals surface area contributed by atoms with E-state index in [-0.39, 0.29) is 22.9 Å². The molecule has 2 amide bonds. The molecule has 328 valence electrons. The first-order valence-electron chi connectivity index (χ1n) is 20.9. The molecule has 2 aromatic carbocycles. The van der Waals surface area contributed by atoms with Gasteiger partial charge in [0.2, 0.25) is 23.4 Å². The number of carbonyl (C=O) groups excluding carboxylic acids is 2. The highest BCUT2D eigenvalue weighted by Gasteiger charge is 2.23. The fraction of sp³-hybridized carbons (Fsp3) is 0.364. The Labute approximate surface area is 380 Å². The van der Waals surface area contributed by atoms with Gasteiger partial charge in [-0.15, -0.1) is 23.2 Å². The topological polar surface area (TPSA) is 162 Å². The molecule has 0 unspecified atom stereocenters. The van der Waals surface area contributed by atoms with E-state index in [0.717, 1.165) is 64.4 Å². The molecule has 0 saturated carbocycles. The van der Waals surface area contributed by atoms with Crippen molar-refractivity contribution in [2.45, 2.75) is 33.2 Å². The molecule has 0 spiro atoms. The van der Waals surface area contributed by atoms with E-state index in [1.54, 1.807) is 18.4 Å². The van der Waals surface area contributed by atoms with Crippen LogP contribution in [0.4, 0.5) is 11.6 Å². The van der Waals surface area contributed by atoms with E-state index >= 15 is 0 Å². The van der Waals surface area contributed by atoms with Crippen molar-refractivity contribution < 1.29 is 9.59 Å². The molecular formula is C44H47BrCl2N12O4. The van der Waals surface area contributed by atoms with Crippen LogP contribution >= 0.6 is 39.1 Å². The van der Waals surface area contributed by atoms with Crippen LogP contribution in [0.5, 0.6) is 0 Å². The summed E-state index contributed by atoms with van der Waals surface area (Å²) in [6.45, 7) is 9.22. The van der Waals surface area contributed by atoms with Crippen LogP contribution in [0.15, 0.2) is 82.4 Å². The van der Waals surface area contributed by atoms with Gasteiger partial charge < -0.3 is 19.6 Å². The molecule has 0 bridgehead atoms. The van der Waals surface area contributed by atoms with Crippen molar-refractivity contribution in [2.75, 3.05) is 79.2 Å². The number of halogens is 3. The van der Waals surface area contributed by atoms with Crippen molar-refractivity contribution >= 4 is 118 Å². The summed E-state index contributed by atoms with van der Waals surface area (Å²) in [4.78, 5) is 78.7. The first-order chi connectivity index (χ1) is 30.6. The number of hydrogen-bond acceptors (Lipinski definition) is 10. The van der Waals surface area contributed by atoms with Crippen LogP contribution in [0.25, 0.3) is 55.7 Å². The number of amides is 2. The van der Waals surface area contributed by atoms with Gasteiger partial charge in [0.25, 0.3) is 11.1 Å².